The van der Waals surface area contributed by atoms with E-state index >= 15 is 0 Å². The predicted molar refractivity (Wildman–Crippen MR) is 152 cm³/mol. The molecule has 0 bridgehead atoms. The molecule has 0 spiro atoms. The first-order chi connectivity index (χ1) is 17.5. The molecule has 174 valence electrons. The molecule has 0 unspecified atom stereocenters. The van der Waals surface area contributed by atoms with Crippen LogP contribution in [0.1, 0.15) is 22.3 Å². The van der Waals surface area contributed by atoms with E-state index in [1.54, 1.807) is 0 Å². The summed E-state index contributed by atoms with van der Waals surface area (Å²) in [6, 6.07) is 33.2. The van der Waals surface area contributed by atoms with Gasteiger partial charge in [0.1, 0.15) is 11.6 Å². The normalized spacial score (nSPS) is 11.9. The first-order valence-corrected chi connectivity index (χ1v) is 12.5. The summed E-state index contributed by atoms with van der Waals surface area (Å²) >= 11 is 0. The maximum absolute atomic E-state index is 5.29. The molecule has 3 nitrogen and oxygen atoms in total. The van der Waals surface area contributed by atoms with Crippen LogP contribution in [0.5, 0.6) is 0 Å². The van der Waals surface area contributed by atoms with Gasteiger partial charge in [-0.3, -0.25) is 9.13 Å². The lowest BCUT2D eigenvalue weighted by molar-refractivity contribution is 1.01. The van der Waals surface area contributed by atoms with Crippen molar-refractivity contribution in [2.45, 2.75) is 27.7 Å². The fraction of sp³-hybridized carbons (Fsp3) is 0.121. The fourth-order valence-electron chi connectivity index (χ4n) is 5.64. The summed E-state index contributed by atoms with van der Waals surface area (Å²) in [5.41, 5.74) is 9.75. The van der Waals surface area contributed by atoms with E-state index in [-0.39, 0.29) is 0 Å². The summed E-state index contributed by atoms with van der Waals surface area (Å²) < 4.78 is 4.62. The number of benzene rings is 4. The van der Waals surface area contributed by atoms with Gasteiger partial charge in [0, 0.05) is 21.5 Å². The van der Waals surface area contributed by atoms with Crippen molar-refractivity contribution in [2.75, 3.05) is 0 Å². The molecule has 0 fully saturated rings. The first-order valence-electron chi connectivity index (χ1n) is 12.5. The molecular weight excluding hydrogens is 438 g/mol. The van der Waals surface area contributed by atoms with E-state index in [9.17, 15) is 0 Å². The summed E-state index contributed by atoms with van der Waals surface area (Å²) in [5.74, 6) is 1.86. The Kier molecular flexibility index (Phi) is 4.40. The highest BCUT2D eigenvalue weighted by Gasteiger charge is 2.17. The zero-order valence-corrected chi connectivity index (χ0v) is 21.0. The maximum Gasteiger partial charge on any atom is 0.140 e. The molecule has 7 aromatic rings. The van der Waals surface area contributed by atoms with E-state index in [1.807, 2.05) is 0 Å². The van der Waals surface area contributed by atoms with Gasteiger partial charge in [-0.05, 0) is 87.4 Å². The zero-order valence-electron chi connectivity index (χ0n) is 21.0. The molecule has 0 radical (unpaired) electrons. The lowest BCUT2D eigenvalue weighted by atomic mass is 10.1. The Labute approximate surface area is 210 Å². The molecule has 3 aromatic heterocycles. The van der Waals surface area contributed by atoms with Crippen molar-refractivity contribution in [3.05, 3.63) is 113 Å². The van der Waals surface area contributed by atoms with Crippen LogP contribution in [0.2, 0.25) is 0 Å². The van der Waals surface area contributed by atoms with E-state index < -0.39 is 0 Å². The molecule has 4 aromatic carbocycles. The van der Waals surface area contributed by atoms with Crippen LogP contribution in [0.3, 0.4) is 0 Å². The van der Waals surface area contributed by atoms with Gasteiger partial charge in [-0.1, -0.05) is 53.6 Å². The minimum atomic E-state index is 0.928. The highest BCUT2D eigenvalue weighted by atomic mass is 15.1. The molecule has 36 heavy (non-hydrogen) atoms. The average Bonchev–Trinajstić information content (AvgIpc) is 3.35. The van der Waals surface area contributed by atoms with Crippen molar-refractivity contribution in [1.82, 2.24) is 14.1 Å². The van der Waals surface area contributed by atoms with Crippen LogP contribution in [0.25, 0.3) is 55.2 Å². The van der Waals surface area contributed by atoms with Gasteiger partial charge in [-0.2, -0.15) is 0 Å². The molecular formula is C33H27N3. The maximum atomic E-state index is 5.29. The Bertz CT molecular complexity index is 1840. The molecule has 3 heterocycles. The van der Waals surface area contributed by atoms with Gasteiger partial charge >= 0.3 is 0 Å². The second-order valence-corrected chi connectivity index (χ2v) is 10.1. The standard InChI is InChI=1S/C33H27N3/c1-20-10-14-28-26(16-20)24-12-8-22(3)18-30(24)35(28)32-6-5-7-33(34-32)36-29-15-11-21(2)17-27(29)25-13-9-23(4)19-31(25)36/h5-19H,1-4H3. The third-order valence-corrected chi connectivity index (χ3v) is 7.33. The van der Waals surface area contributed by atoms with E-state index in [0.717, 1.165) is 11.6 Å². The molecule has 3 heteroatoms. The Balaban J connectivity index is 1.55. The summed E-state index contributed by atoms with van der Waals surface area (Å²) in [6.45, 7) is 8.61. The van der Waals surface area contributed by atoms with Gasteiger partial charge < -0.3 is 0 Å². The van der Waals surface area contributed by atoms with Gasteiger partial charge in [0.2, 0.25) is 0 Å². The number of hydrogen-bond acceptors (Lipinski definition) is 1. The summed E-state index contributed by atoms with van der Waals surface area (Å²) in [5, 5.41) is 5.05. The SMILES string of the molecule is Cc1ccc2c(c1)c1ccc(C)cc1n2-c1cccc(-n2c3ccc(C)cc3c3ccc(C)cc32)n1. The van der Waals surface area contributed by atoms with E-state index in [0.29, 0.717) is 0 Å². The largest absolute Gasteiger partial charge is 0.294 e. The third kappa shape index (κ3) is 3.02. The van der Waals surface area contributed by atoms with Crippen LogP contribution >= 0.6 is 0 Å². The highest BCUT2D eigenvalue weighted by Crippen LogP contribution is 2.35. The predicted octanol–water partition coefficient (Wildman–Crippen LogP) is 8.51. The second-order valence-electron chi connectivity index (χ2n) is 10.1. The number of pyridine rings is 1. The van der Waals surface area contributed by atoms with E-state index in [4.69, 9.17) is 4.98 Å². The minimum Gasteiger partial charge on any atom is -0.294 e. The van der Waals surface area contributed by atoms with Crippen LogP contribution in [-0.2, 0) is 0 Å². The Hall–Kier alpha value is -4.37. The fourth-order valence-corrected chi connectivity index (χ4v) is 5.64. The monoisotopic (exact) mass is 465 g/mol. The second kappa shape index (κ2) is 7.56. The quantitative estimate of drug-likeness (QED) is 0.251. The Morgan fingerprint density at radius 2 is 0.833 bits per heavy atom. The lowest BCUT2D eigenvalue weighted by Crippen LogP contribution is -2.03. The Morgan fingerprint density at radius 3 is 1.31 bits per heavy atom. The number of fused-ring (bicyclic) bond motifs is 6. The van der Waals surface area contributed by atoms with E-state index in [2.05, 4.69) is 128 Å². The van der Waals surface area contributed by atoms with Crippen LogP contribution in [-0.4, -0.2) is 14.1 Å². The minimum absolute atomic E-state index is 0.928. The van der Waals surface area contributed by atoms with E-state index in [1.165, 1.54) is 65.9 Å². The molecule has 0 atom stereocenters. The van der Waals surface area contributed by atoms with Gasteiger partial charge in [-0.15, -0.1) is 0 Å². The lowest BCUT2D eigenvalue weighted by Gasteiger charge is -2.12. The number of aromatic nitrogens is 3. The van der Waals surface area contributed by atoms with Gasteiger partial charge in [0.25, 0.3) is 0 Å². The zero-order chi connectivity index (χ0) is 24.6. The van der Waals surface area contributed by atoms with Gasteiger partial charge in [0.05, 0.1) is 22.1 Å². The first kappa shape index (κ1) is 21.0. The van der Waals surface area contributed by atoms with Crippen molar-refractivity contribution in [3.63, 3.8) is 0 Å². The van der Waals surface area contributed by atoms with Crippen molar-refractivity contribution in [1.29, 1.82) is 0 Å². The van der Waals surface area contributed by atoms with Crippen LogP contribution in [0.15, 0.2) is 91.0 Å². The number of nitrogens with zero attached hydrogens (tertiary/aromatic N) is 3. The van der Waals surface area contributed by atoms with Crippen LogP contribution < -0.4 is 0 Å². The number of hydrogen-bond donors (Lipinski definition) is 0. The molecule has 0 N–H and O–H groups in total. The Morgan fingerprint density at radius 1 is 0.417 bits per heavy atom. The summed E-state index contributed by atoms with van der Waals surface area (Å²) in [4.78, 5) is 5.29. The molecule has 0 aliphatic heterocycles. The van der Waals surface area contributed by atoms with Crippen molar-refractivity contribution in [3.8, 4) is 11.6 Å². The smallest absolute Gasteiger partial charge is 0.140 e. The van der Waals surface area contributed by atoms with Crippen LogP contribution in [0, 0.1) is 27.7 Å². The van der Waals surface area contributed by atoms with Gasteiger partial charge in [0.15, 0.2) is 0 Å². The van der Waals surface area contributed by atoms with Gasteiger partial charge in [-0.25, -0.2) is 4.98 Å². The average molecular weight is 466 g/mol. The molecule has 0 saturated heterocycles. The number of rotatable bonds is 2. The third-order valence-electron chi connectivity index (χ3n) is 7.33. The molecule has 0 saturated carbocycles. The topological polar surface area (TPSA) is 22.8 Å². The van der Waals surface area contributed by atoms with Crippen LogP contribution in [0.4, 0.5) is 0 Å². The molecule has 0 amide bonds. The molecule has 7 rings (SSSR count). The number of aryl methyl sites for hydroxylation is 4. The van der Waals surface area contributed by atoms with Crippen molar-refractivity contribution >= 4 is 43.6 Å². The van der Waals surface area contributed by atoms with Crippen molar-refractivity contribution < 1.29 is 0 Å². The highest BCUT2D eigenvalue weighted by molar-refractivity contribution is 6.10. The molecule has 0 aliphatic carbocycles. The molecule has 0 aliphatic rings. The van der Waals surface area contributed by atoms with Crippen molar-refractivity contribution in [2.24, 2.45) is 0 Å². The summed E-state index contributed by atoms with van der Waals surface area (Å²) in [7, 11) is 0. The summed E-state index contributed by atoms with van der Waals surface area (Å²) in [6.07, 6.45) is 0.